The molecule has 1 aliphatic heterocycles. The lowest BCUT2D eigenvalue weighted by molar-refractivity contribution is -0.386. The van der Waals surface area contributed by atoms with E-state index in [0.717, 1.165) is 6.07 Å². The molecule has 1 aromatic carbocycles. The van der Waals surface area contributed by atoms with E-state index >= 15 is 0 Å². The fraction of sp³-hybridized carbons (Fsp3) is 0.556. The van der Waals surface area contributed by atoms with Crippen molar-refractivity contribution in [2.75, 3.05) is 13.1 Å². The van der Waals surface area contributed by atoms with Crippen molar-refractivity contribution in [1.29, 1.82) is 0 Å². The molecule has 0 saturated carbocycles. The highest BCUT2D eigenvalue weighted by molar-refractivity contribution is 5.83. The number of piperidine rings is 1. The third-order valence-electron chi connectivity index (χ3n) is 4.51. The average molecular weight is 412 g/mol. The monoisotopic (exact) mass is 412 g/mol. The second kappa shape index (κ2) is 7.80. The van der Waals surface area contributed by atoms with E-state index in [1.54, 1.807) is 36.5 Å². The van der Waals surface area contributed by atoms with E-state index in [1.165, 1.54) is 6.07 Å². The molecule has 1 amide bonds. The Morgan fingerprint density at radius 3 is 2.52 bits per heavy atom. The quantitative estimate of drug-likeness (QED) is 0.553. The molecular weight excluding hydrogens is 390 g/mol. The fourth-order valence-corrected chi connectivity index (χ4v) is 3.22. The van der Waals surface area contributed by atoms with E-state index in [-0.39, 0.29) is 12.1 Å². The van der Waals surface area contributed by atoms with Gasteiger partial charge in [-0.25, -0.2) is 4.79 Å². The SMILES string of the molecule is CC(C)(C)OC(=O)N1CCC(n2cc3cc([N+](=O)[O-])c(OC(F)F)cc3n2)CC1. The predicted octanol–water partition coefficient (Wildman–Crippen LogP) is 4.12. The largest absolute Gasteiger partial charge is 0.444 e. The van der Waals surface area contributed by atoms with Gasteiger partial charge in [0.2, 0.25) is 5.75 Å². The number of benzene rings is 1. The summed E-state index contributed by atoms with van der Waals surface area (Å²) in [5.74, 6) is -0.525. The Morgan fingerprint density at radius 2 is 1.97 bits per heavy atom. The van der Waals surface area contributed by atoms with Gasteiger partial charge in [-0.05, 0) is 33.6 Å². The van der Waals surface area contributed by atoms with E-state index in [2.05, 4.69) is 9.84 Å². The molecule has 0 N–H and O–H groups in total. The molecule has 0 radical (unpaired) electrons. The van der Waals surface area contributed by atoms with Crippen LogP contribution in [-0.4, -0.2) is 51.0 Å². The standard InChI is InChI=1S/C18H22F2N4O5/c1-18(2,3)29-17(25)22-6-4-12(5-7-22)23-10-11-8-14(24(26)27)15(28-16(19)20)9-13(11)21-23/h8-10,12,16H,4-7H2,1-3H3. The number of rotatable bonds is 4. The maximum atomic E-state index is 12.6. The number of hydrogen-bond acceptors (Lipinski definition) is 6. The Hall–Kier alpha value is -2.98. The maximum absolute atomic E-state index is 12.6. The van der Waals surface area contributed by atoms with Gasteiger partial charge < -0.3 is 14.4 Å². The number of halogens is 2. The summed E-state index contributed by atoms with van der Waals surface area (Å²) in [4.78, 5) is 24.2. The fourth-order valence-electron chi connectivity index (χ4n) is 3.22. The zero-order valence-corrected chi connectivity index (χ0v) is 16.3. The minimum atomic E-state index is -3.18. The lowest BCUT2D eigenvalue weighted by atomic mass is 10.1. The van der Waals surface area contributed by atoms with E-state index < -0.39 is 28.6 Å². The molecular formula is C18H22F2N4O5. The summed E-state index contributed by atoms with van der Waals surface area (Å²) in [5, 5.41) is 16.0. The summed E-state index contributed by atoms with van der Waals surface area (Å²) in [6.07, 6.45) is 2.51. The first kappa shape index (κ1) is 20.7. The summed E-state index contributed by atoms with van der Waals surface area (Å²) < 4.78 is 36.4. The molecule has 0 atom stereocenters. The summed E-state index contributed by atoms with van der Waals surface area (Å²) >= 11 is 0. The average Bonchev–Trinajstić information content (AvgIpc) is 3.02. The summed E-state index contributed by atoms with van der Waals surface area (Å²) in [7, 11) is 0. The minimum Gasteiger partial charge on any atom is -0.444 e. The van der Waals surface area contributed by atoms with Gasteiger partial charge in [-0.3, -0.25) is 14.8 Å². The third kappa shape index (κ3) is 4.90. The Labute approximate surface area is 165 Å². The van der Waals surface area contributed by atoms with Crippen LogP contribution in [0.2, 0.25) is 0 Å². The molecule has 1 fully saturated rings. The lowest BCUT2D eigenvalue weighted by Gasteiger charge is -2.33. The van der Waals surface area contributed by atoms with Gasteiger partial charge in [0.05, 0.1) is 16.5 Å². The molecule has 1 aromatic heterocycles. The molecule has 29 heavy (non-hydrogen) atoms. The van der Waals surface area contributed by atoms with Gasteiger partial charge >= 0.3 is 18.4 Å². The highest BCUT2D eigenvalue weighted by Crippen LogP contribution is 2.34. The summed E-state index contributed by atoms with van der Waals surface area (Å²) in [6.45, 7) is 3.20. The molecule has 158 valence electrons. The van der Waals surface area contributed by atoms with Crippen LogP contribution in [0.5, 0.6) is 5.75 Å². The number of aromatic nitrogens is 2. The Balaban J connectivity index is 1.76. The van der Waals surface area contributed by atoms with E-state index in [0.29, 0.717) is 36.8 Å². The van der Waals surface area contributed by atoms with Crippen LogP contribution in [0.3, 0.4) is 0 Å². The molecule has 1 saturated heterocycles. The molecule has 11 heteroatoms. The van der Waals surface area contributed by atoms with Crippen LogP contribution in [0, 0.1) is 10.1 Å². The predicted molar refractivity (Wildman–Crippen MR) is 99.1 cm³/mol. The zero-order chi connectivity index (χ0) is 21.3. The molecule has 0 spiro atoms. The number of nitro groups is 1. The number of alkyl halides is 2. The van der Waals surface area contributed by atoms with Crippen LogP contribution in [0.1, 0.15) is 39.7 Å². The second-order valence-corrected chi connectivity index (χ2v) is 7.82. The highest BCUT2D eigenvalue weighted by Gasteiger charge is 2.28. The first-order chi connectivity index (χ1) is 13.5. The van der Waals surface area contributed by atoms with Crippen molar-refractivity contribution in [1.82, 2.24) is 14.7 Å². The van der Waals surface area contributed by atoms with Crippen molar-refractivity contribution in [3.05, 3.63) is 28.4 Å². The highest BCUT2D eigenvalue weighted by atomic mass is 19.3. The van der Waals surface area contributed by atoms with Gasteiger partial charge in [0.25, 0.3) is 0 Å². The number of nitro benzene ring substituents is 1. The summed E-state index contributed by atoms with van der Waals surface area (Å²) in [5.41, 5.74) is -0.793. The van der Waals surface area contributed by atoms with Crippen LogP contribution >= 0.6 is 0 Å². The van der Waals surface area contributed by atoms with E-state index in [1.807, 2.05) is 0 Å². The molecule has 3 rings (SSSR count). The number of carbonyl (C=O) groups is 1. The normalized spacial score (nSPS) is 15.7. The van der Waals surface area contributed by atoms with Crippen molar-refractivity contribution in [2.45, 2.75) is 51.9 Å². The molecule has 0 aliphatic carbocycles. The number of nitrogens with zero attached hydrogens (tertiary/aromatic N) is 4. The van der Waals surface area contributed by atoms with E-state index in [4.69, 9.17) is 4.74 Å². The van der Waals surface area contributed by atoms with Gasteiger partial charge in [0.1, 0.15) is 5.60 Å². The lowest BCUT2D eigenvalue weighted by Crippen LogP contribution is -2.42. The Kier molecular flexibility index (Phi) is 5.58. The van der Waals surface area contributed by atoms with Crippen molar-refractivity contribution >= 4 is 22.7 Å². The smallest absolute Gasteiger partial charge is 0.410 e. The van der Waals surface area contributed by atoms with Crippen LogP contribution < -0.4 is 4.74 Å². The van der Waals surface area contributed by atoms with Crippen LogP contribution in [0.15, 0.2) is 18.3 Å². The number of likely N-dealkylation sites (tertiary alicyclic amines) is 1. The Morgan fingerprint density at radius 1 is 1.31 bits per heavy atom. The number of amides is 1. The minimum absolute atomic E-state index is 0.0281. The van der Waals surface area contributed by atoms with Crippen molar-refractivity contribution < 1.29 is 28.0 Å². The van der Waals surface area contributed by atoms with Crippen LogP contribution in [0.25, 0.3) is 10.9 Å². The van der Waals surface area contributed by atoms with Gasteiger partial charge in [-0.15, -0.1) is 0 Å². The van der Waals surface area contributed by atoms with Crippen molar-refractivity contribution in [3.63, 3.8) is 0 Å². The van der Waals surface area contributed by atoms with Gasteiger partial charge in [0, 0.05) is 36.8 Å². The van der Waals surface area contributed by atoms with Crippen molar-refractivity contribution in [3.8, 4) is 5.75 Å². The molecule has 9 nitrogen and oxygen atoms in total. The first-order valence-electron chi connectivity index (χ1n) is 9.13. The maximum Gasteiger partial charge on any atom is 0.410 e. The number of fused-ring (bicyclic) bond motifs is 1. The van der Waals surface area contributed by atoms with Gasteiger partial charge in [-0.2, -0.15) is 13.9 Å². The number of ether oxygens (including phenoxy) is 2. The number of hydrogen-bond donors (Lipinski definition) is 0. The Bertz CT molecular complexity index is 917. The van der Waals surface area contributed by atoms with E-state index in [9.17, 15) is 23.7 Å². The second-order valence-electron chi connectivity index (χ2n) is 7.82. The first-order valence-corrected chi connectivity index (χ1v) is 9.13. The summed E-state index contributed by atoms with van der Waals surface area (Å²) in [6, 6.07) is 2.29. The molecule has 2 aromatic rings. The van der Waals surface area contributed by atoms with Gasteiger partial charge in [-0.1, -0.05) is 0 Å². The third-order valence-corrected chi connectivity index (χ3v) is 4.51. The molecule has 1 aliphatic rings. The van der Waals surface area contributed by atoms with Crippen LogP contribution in [0.4, 0.5) is 19.3 Å². The molecule has 2 heterocycles. The van der Waals surface area contributed by atoms with Crippen molar-refractivity contribution in [2.24, 2.45) is 0 Å². The molecule has 0 unspecified atom stereocenters. The topological polar surface area (TPSA) is 99.7 Å². The zero-order valence-electron chi connectivity index (χ0n) is 16.3. The molecule has 0 bridgehead atoms. The number of carbonyl (C=O) groups excluding carboxylic acids is 1. The van der Waals surface area contributed by atoms with Crippen LogP contribution in [-0.2, 0) is 4.74 Å². The van der Waals surface area contributed by atoms with Gasteiger partial charge in [0.15, 0.2) is 0 Å².